The molecule has 0 aliphatic heterocycles. The first-order valence-electron chi connectivity index (χ1n) is 14.0. The van der Waals surface area contributed by atoms with Crippen LogP contribution in [0.2, 0.25) is 0 Å². The summed E-state index contributed by atoms with van der Waals surface area (Å²) in [5.41, 5.74) is 2.80. The van der Waals surface area contributed by atoms with Gasteiger partial charge in [0.05, 0.1) is 24.8 Å². The summed E-state index contributed by atoms with van der Waals surface area (Å²) >= 11 is 3.43. The van der Waals surface area contributed by atoms with Crippen LogP contribution in [0.1, 0.15) is 43.9 Å². The Kier molecular flexibility index (Phi) is 11.6. The summed E-state index contributed by atoms with van der Waals surface area (Å²) in [6, 6.07) is 16.1. The molecular formula is C32H40BrN3O6S. The number of carbonyl (C=O) groups is 2. The highest BCUT2D eigenvalue weighted by Gasteiger charge is 2.33. The monoisotopic (exact) mass is 673 g/mol. The molecule has 11 heteroatoms. The van der Waals surface area contributed by atoms with Crippen LogP contribution in [0.25, 0.3) is 0 Å². The van der Waals surface area contributed by atoms with Gasteiger partial charge in [0.25, 0.3) is 10.0 Å². The fraction of sp³-hybridized carbons (Fsp3) is 0.375. The standard InChI is InChI=1S/C32H40BrN3O6S/c1-8-23(4)34-32(38)24(5)35(19-25-9-11-26(33)12-10-25)31(37)20-36(27-16-21(2)15-22(3)17-27)43(39,40)28-13-14-29(41-6)30(18-28)42-7/h9-18,23-24H,8,19-20H2,1-7H3,(H,34,38). The number of sulfonamides is 1. The number of halogens is 1. The molecule has 0 aliphatic rings. The molecular weight excluding hydrogens is 634 g/mol. The molecule has 3 aromatic carbocycles. The van der Waals surface area contributed by atoms with Crippen LogP contribution in [0.3, 0.4) is 0 Å². The minimum absolute atomic E-state index is 0.0702. The summed E-state index contributed by atoms with van der Waals surface area (Å²) in [6.45, 7) is 8.80. The van der Waals surface area contributed by atoms with E-state index in [-0.39, 0.29) is 29.1 Å². The van der Waals surface area contributed by atoms with Gasteiger partial charge in [0, 0.05) is 23.1 Å². The average molecular weight is 675 g/mol. The first kappa shape index (κ1) is 33.9. The molecule has 1 N–H and O–H groups in total. The summed E-state index contributed by atoms with van der Waals surface area (Å²) in [4.78, 5) is 28.7. The van der Waals surface area contributed by atoms with E-state index >= 15 is 0 Å². The van der Waals surface area contributed by atoms with Crippen LogP contribution < -0.4 is 19.1 Å². The second kappa shape index (κ2) is 14.7. The number of rotatable bonds is 13. The molecule has 232 valence electrons. The predicted octanol–water partition coefficient (Wildman–Crippen LogP) is 5.61. The zero-order chi connectivity index (χ0) is 31.9. The SMILES string of the molecule is CCC(C)NC(=O)C(C)N(Cc1ccc(Br)cc1)C(=O)CN(c1cc(C)cc(C)c1)S(=O)(=O)c1ccc(OC)c(OC)c1. The van der Waals surface area contributed by atoms with Gasteiger partial charge in [-0.25, -0.2) is 8.42 Å². The zero-order valence-electron chi connectivity index (χ0n) is 25.7. The maximum atomic E-state index is 14.2. The number of hydrogen-bond donors (Lipinski definition) is 1. The highest BCUT2D eigenvalue weighted by molar-refractivity contribution is 9.10. The molecule has 0 saturated heterocycles. The third-order valence-corrected chi connectivity index (χ3v) is 9.45. The molecule has 3 aromatic rings. The van der Waals surface area contributed by atoms with E-state index in [1.54, 1.807) is 19.1 Å². The van der Waals surface area contributed by atoms with Crippen molar-refractivity contribution in [3.05, 3.63) is 81.8 Å². The van der Waals surface area contributed by atoms with Gasteiger partial charge in [-0.05, 0) is 87.2 Å². The van der Waals surface area contributed by atoms with Crippen molar-refractivity contribution in [1.82, 2.24) is 10.2 Å². The van der Waals surface area contributed by atoms with Crippen LogP contribution in [0.5, 0.6) is 11.5 Å². The molecule has 2 amide bonds. The maximum absolute atomic E-state index is 14.2. The van der Waals surface area contributed by atoms with Gasteiger partial charge in [-0.1, -0.05) is 41.1 Å². The Balaban J connectivity index is 2.10. The average Bonchev–Trinajstić information content (AvgIpc) is 2.97. The highest BCUT2D eigenvalue weighted by atomic mass is 79.9. The van der Waals surface area contributed by atoms with Crippen molar-refractivity contribution in [3.8, 4) is 11.5 Å². The van der Waals surface area contributed by atoms with Crippen LogP contribution in [0.15, 0.2) is 70.0 Å². The van der Waals surface area contributed by atoms with Crippen molar-refractivity contribution < 1.29 is 27.5 Å². The predicted molar refractivity (Wildman–Crippen MR) is 172 cm³/mol. The molecule has 43 heavy (non-hydrogen) atoms. The van der Waals surface area contributed by atoms with Gasteiger partial charge in [-0.15, -0.1) is 0 Å². The lowest BCUT2D eigenvalue weighted by atomic mass is 10.1. The van der Waals surface area contributed by atoms with Gasteiger partial charge in [0.1, 0.15) is 12.6 Å². The number of aryl methyl sites for hydroxylation is 2. The largest absolute Gasteiger partial charge is 0.493 e. The third kappa shape index (κ3) is 8.51. The summed E-state index contributed by atoms with van der Waals surface area (Å²) < 4.78 is 41.1. The Morgan fingerprint density at radius 1 is 0.907 bits per heavy atom. The number of anilines is 1. The van der Waals surface area contributed by atoms with Gasteiger partial charge in [0.15, 0.2) is 11.5 Å². The summed E-state index contributed by atoms with van der Waals surface area (Å²) in [5.74, 6) is -0.238. The molecule has 0 heterocycles. The van der Waals surface area contributed by atoms with Crippen LogP contribution >= 0.6 is 15.9 Å². The van der Waals surface area contributed by atoms with Crippen molar-refractivity contribution in [1.29, 1.82) is 0 Å². The lowest BCUT2D eigenvalue weighted by molar-refractivity contribution is -0.139. The van der Waals surface area contributed by atoms with E-state index in [0.29, 0.717) is 11.4 Å². The maximum Gasteiger partial charge on any atom is 0.264 e. The number of ether oxygens (including phenoxy) is 2. The van der Waals surface area contributed by atoms with Gasteiger partial charge in [-0.3, -0.25) is 13.9 Å². The van der Waals surface area contributed by atoms with Crippen molar-refractivity contribution in [2.24, 2.45) is 0 Å². The molecule has 2 atom stereocenters. The van der Waals surface area contributed by atoms with E-state index in [2.05, 4.69) is 21.2 Å². The summed E-state index contributed by atoms with van der Waals surface area (Å²) in [6.07, 6.45) is 0.725. The first-order chi connectivity index (χ1) is 20.3. The number of nitrogens with one attached hydrogen (secondary N) is 1. The third-order valence-electron chi connectivity index (χ3n) is 7.15. The van der Waals surface area contributed by atoms with Gasteiger partial charge in [-0.2, -0.15) is 0 Å². The molecule has 0 aliphatic carbocycles. The van der Waals surface area contributed by atoms with E-state index in [1.807, 2.05) is 58.0 Å². The number of amides is 2. The molecule has 2 unspecified atom stereocenters. The van der Waals surface area contributed by atoms with Gasteiger partial charge >= 0.3 is 0 Å². The number of methoxy groups -OCH3 is 2. The molecule has 3 rings (SSSR count). The minimum atomic E-state index is -4.28. The number of benzene rings is 3. The molecule has 9 nitrogen and oxygen atoms in total. The molecule has 0 radical (unpaired) electrons. The van der Waals surface area contributed by atoms with Gasteiger partial charge < -0.3 is 19.7 Å². The first-order valence-corrected chi connectivity index (χ1v) is 16.2. The molecule has 0 aromatic heterocycles. The van der Waals surface area contributed by atoms with E-state index in [4.69, 9.17) is 9.47 Å². The number of carbonyl (C=O) groups excluding carboxylic acids is 2. The van der Waals surface area contributed by atoms with Crippen LogP contribution in [-0.4, -0.2) is 58.0 Å². The summed E-state index contributed by atoms with van der Waals surface area (Å²) in [7, 11) is -1.39. The van der Waals surface area contributed by atoms with E-state index in [1.165, 1.54) is 37.3 Å². The van der Waals surface area contributed by atoms with E-state index in [9.17, 15) is 18.0 Å². The molecule has 0 fully saturated rings. The lowest BCUT2D eigenvalue weighted by Crippen LogP contribution is -2.52. The zero-order valence-corrected chi connectivity index (χ0v) is 28.1. The quantitative estimate of drug-likeness (QED) is 0.253. The minimum Gasteiger partial charge on any atom is -0.493 e. The fourth-order valence-electron chi connectivity index (χ4n) is 4.56. The van der Waals surface area contributed by atoms with Crippen LogP contribution in [-0.2, 0) is 26.2 Å². The van der Waals surface area contributed by atoms with Crippen LogP contribution in [0.4, 0.5) is 5.69 Å². The van der Waals surface area contributed by atoms with Crippen molar-refractivity contribution >= 4 is 43.5 Å². The van der Waals surface area contributed by atoms with Crippen molar-refractivity contribution in [3.63, 3.8) is 0 Å². The summed E-state index contributed by atoms with van der Waals surface area (Å²) in [5, 5.41) is 2.94. The van der Waals surface area contributed by atoms with E-state index in [0.717, 1.165) is 31.9 Å². The Morgan fingerprint density at radius 3 is 2.07 bits per heavy atom. The van der Waals surface area contributed by atoms with E-state index < -0.39 is 28.5 Å². The number of hydrogen-bond acceptors (Lipinski definition) is 6. The molecule has 0 bridgehead atoms. The Labute approximate surface area is 263 Å². The van der Waals surface area contributed by atoms with Crippen LogP contribution in [0, 0.1) is 13.8 Å². The van der Waals surface area contributed by atoms with Gasteiger partial charge in [0.2, 0.25) is 11.8 Å². The normalized spacial score (nSPS) is 12.7. The Hall–Kier alpha value is -3.57. The lowest BCUT2D eigenvalue weighted by Gasteiger charge is -2.32. The second-order valence-corrected chi connectivity index (χ2v) is 13.3. The van der Waals surface area contributed by atoms with Crippen molar-refractivity contribution in [2.45, 2.75) is 64.6 Å². The molecule has 0 spiro atoms. The molecule has 0 saturated carbocycles. The highest BCUT2D eigenvalue weighted by Crippen LogP contribution is 2.33. The Morgan fingerprint density at radius 2 is 1.51 bits per heavy atom. The second-order valence-electron chi connectivity index (χ2n) is 10.5. The number of nitrogens with zero attached hydrogens (tertiary/aromatic N) is 2. The van der Waals surface area contributed by atoms with Crippen molar-refractivity contribution in [2.75, 3.05) is 25.1 Å². The Bertz CT molecular complexity index is 1520. The smallest absolute Gasteiger partial charge is 0.264 e. The topological polar surface area (TPSA) is 105 Å². The fourth-order valence-corrected chi connectivity index (χ4v) is 6.24.